The van der Waals surface area contributed by atoms with Gasteiger partial charge in [-0.2, -0.15) is 4.98 Å². The monoisotopic (exact) mass is 546 g/mol. The van der Waals surface area contributed by atoms with E-state index in [0.717, 1.165) is 59.2 Å². The van der Waals surface area contributed by atoms with E-state index < -0.39 is 10.0 Å². The molecule has 0 radical (unpaired) electrons. The van der Waals surface area contributed by atoms with Gasteiger partial charge < -0.3 is 20.3 Å². The van der Waals surface area contributed by atoms with Crippen LogP contribution in [0.5, 0.6) is 5.88 Å². The van der Waals surface area contributed by atoms with Gasteiger partial charge >= 0.3 is 6.03 Å². The summed E-state index contributed by atoms with van der Waals surface area (Å²) in [6.07, 6.45) is 2.10. The van der Waals surface area contributed by atoms with Crippen LogP contribution in [-0.2, 0) is 16.6 Å². The number of hydrogen-bond donors (Lipinski definition) is 3. The second-order valence-electron chi connectivity index (χ2n) is 9.26. The molecule has 1 aliphatic rings. The first-order valence-electron chi connectivity index (χ1n) is 12.8. The molecule has 4 N–H and O–H groups in total. The number of carbonyl (C=O) groups excluding carboxylic acids is 1. The zero-order valence-corrected chi connectivity index (χ0v) is 22.4. The van der Waals surface area contributed by atoms with Crippen LogP contribution in [-0.4, -0.2) is 49.0 Å². The molecule has 0 atom stereocenters. The predicted molar refractivity (Wildman–Crippen MR) is 151 cm³/mol. The highest BCUT2D eigenvalue weighted by Crippen LogP contribution is 2.30. The summed E-state index contributed by atoms with van der Waals surface area (Å²) in [6, 6.07) is 19.9. The molecule has 1 saturated heterocycles. The first-order valence-corrected chi connectivity index (χ1v) is 14.3. The van der Waals surface area contributed by atoms with Gasteiger partial charge in [-0.15, -0.1) is 0 Å². The van der Waals surface area contributed by atoms with Crippen LogP contribution in [0.2, 0.25) is 0 Å². The Labute approximate surface area is 227 Å². The van der Waals surface area contributed by atoms with Gasteiger partial charge in [-0.1, -0.05) is 30.3 Å². The van der Waals surface area contributed by atoms with Gasteiger partial charge in [-0.3, -0.25) is 0 Å². The number of nitrogens with two attached hydrogens (primary N) is 1. The van der Waals surface area contributed by atoms with Gasteiger partial charge in [0.15, 0.2) is 0 Å². The first kappa shape index (κ1) is 26.4. The van der Waals surface area contributed by atoms with E-state index in [9.17, 15) is 13.2 Å². The fourth-order valence-electron chi connectivity index (χ4n) is 4.45. The highest BCUT2D eigenvalue weighted by molar-refractivity contribution is 7.89. The largest absolute Gasteiger partial charge is 0.477 e. The van der Waals surface area contributed by atoms with Crippen LogP contribution in [0, 0.1) is 0 Å². The van der Waals surface area contributed by atoms with E-state index in [2.05, 4.69) is 20.6 Å². The van der Waals surface area contributed by atoms with Gasteiger partial charge in [-0.05, 0) is 72.9 Å². The highest BCUT2D eigenvalue weighted by Gasteiger charge is 2.18. The van der Waals surface area contributed by atoms with Crippen molar-refractivity contribution in [3.8, 4) is 17.0 Å². The number of carbonyl (C=O) groups is 1. The van der Waals surface area contributed by atoms with E-state index in [-0.39, 0.29) is 10.9 Å². The average molecular weight is 547 g/mol. The fraction of sp³-hybridized carbons (Fsp3) is 0.250. The summed E-state index contributed by atoms with van der Waals surface area (Å²) < 4.78 is 28.8. The maximum atomic E-state index is 12.4. The van der Waals surface area contributed by atoms with Crippen molar-refractivity contribution in [2.75, 3.05) is 30.3 Å². The van der Waals surface area contributed by atoms with E-state index in [0.29, 0.717) is 25.0 Å². The lowest BCUT2D eigenvalue weighted by Gasteiger charge is -2.16. The van der Waals surface area contributed by atoms with E-state index in [1.807, 2.05) is 54.3 Å². The molecule has 1 aromatic heterocycles. The number of anilines is 2. The minimum atomic E-state index is -3.74. The van der Waals surface area contributed by atoms with E-state index in [4.69, 9.17) is 9.88 Å². The van der Waals surface area contributed by atoms with Gasteiger partial charge in [0.25, 0.3) is 0 Å². The molecule has 0 saturated carbocycles. The molecule has 0 aliphatic carbocycles. The SMILES string of the molecule is CCOc1nc(NCc2ccc(S(N)(=O)=O)cc2)nc2ccc(-c3ccc(NC(=O)N4CCCC4)cc3)cc12. The number of aromatic nitrogens is 2. The van der Waals surface area contributed by atoms with Crippen molar-refractivity contribution in [1.29, 1.82) is 0 Å². The van der Waals surface area contributed by atoms with E-state index >= 15 is 0 Å². The van der Waals surface area contributed by atoms with E-state index in [1.54, 1.807) is 12.1 Å². The number of rotatable bonds is 8. The normalized spacial score (nSPS) is 13.4. The molecule has 10 nitrogen and oxygen atoms in total. The number of ether oxygens (including phenoxy) is 1. The molecule has 5 rings (SSSR count). The third kappa shape index (κ3) is 6.27. The van der Waals surface area contributed by atoms with Crippen molar-refractivity contribution in [1.82, 2.24) is 14.9 Å². The van der Waals surface area contributed by atoms with Gasteiger partial charge in [0.05, 0.1) is 22.4 Å². The second kappa shape index (κ2) is 11.3. The lowest BCUT2D eigenvalue weighted by atomic mass is 10.0. The standard InChI is InChI=1S/C28H30N6O4S/c1-2-38-26-24-17-21(20-7-10-22(11-8-20)31-28(35)34-15-3-4-16-34)9-14-25(24)32-27(33-26)30-18-19-5-12-23(13-6-19)39(29,36)37/h5-14,17H,2-4,15-16,18H2,1H3,(H,31,35)(H2,29,36,37)(H,30,32,33). The Balaban J connectivity index is 1.33. The zero-order valence-electron chi connectivity index (χ0n) is 21.6. The summed E-state index contributed by atoms with van der Waals surface area (Å²) in [6.45, 7) is 4.33. The van der Waals surface area contributed by atoms with Crippen LogP contribution < -0.4 is 20.5 Å². The number of amides is 2. The number of benzene rings is 3. The second-order valence-corrected chi connectivity index (χ2v) is 10.8. The van der Waals surface area contributed by atoms with Gasteiger partial charge in [0.2, 0.25) is 21.9 Å². The molecule has 202 valence electrons. The van der Waals surface area contributed by atoms with Crippen LogP contribution in [0.15, 0.2) is 71.6 Å². The molecule has 3 aromatic carbocycles. The van der Waals surface area contributed by atoms with Crippen molar-refractivity contribution in [2.24, 2.45) is 5.14 Å². The first-order chi connectivity index (χ1) is 18.8. The Bertz CT molecular complexity index is 1590. The third-order valence-electron chi connectivity index (χ3n) is 6.51. The Morgan fingerprint density at radius 3 is 2.33 bits per heavy atom. The topological polar surface area (TPSA) is 140 Å². The number of sulfonamides is 1. The number of nitrogens with zero attached hydrogens (tertiary/aromatic N) is 3. The van der Waals surface area contributed by atoms with Crippen molar-refractivity contribution in [3.05, 3.63) is 72.3 Å². The number of fused-ring (bicyclic) bond motifs is 1. The van der Waals surface area contributed by atoms with Crippen molar-refractivity contribution in [3.63, 3.8) is 0 Å². The number of primary sulfonamides is 1. The summed E-state index contributed by atoms with van der Waals surface area (Å²) in [7, 11) is -3.74. The molecule has 2 heterocycles. The van der Waals surface area contributed by atoms with Crippen molar-refractivity contribution in [2.45, 2.75) is 31.2 Å². The van der Waals surface area contributed by atoms with Crippen LogP contribution in [0.3, 0.4) is 0 Å². The van der Waals surface area contributed by atoms with Crippen LogP contribution in [0.25, 0.3) is 22.0 Å². The lowest BCUT2D eigenvalue weighted by Crippen LogP contribution is -2.32. The Hall–Kier alpha value is -4.22. The smallest absolute Gasteiger partial charge is 0.321 e. The lowest BCUT2D eigenvalue weighted by molar-refractivity contribution is 0.222. The highest BCUT2D eigenvalue weighted by atomic mass is 32.2. The Morgan fingerprint density at radius 1 is 0.974 bits per heavy atom. The summed E-state index contributed by atoms with van der Waals surface area (Å²) in [4.78, 5) is 23.5. The molecule has 39 heavy (non-hydrogen) atoms. The molecular weight excluding hydrogens is 516 g/mol. The molecule has 0 bridgehead atoms. The molecule has 11 heteroatoms. The third-order valence-corrected chi connectivity index (χ3v) is 7.44. The molecule has 0 spiro atoms. The number of urea groups is 1. The van der Waals surface area contributed by atoms with Crippen molar-refractivity contribution < 1.29 is 17.9 Å². The van der Waals surface area contributed by atoms with Crippen LogP contribution in [0.1, 0.15) is 25.3 Å². The summed E-state index contributed by atoms with van der Waals surface area (Å²) in [5.41, 5.74) is 4.28. The summed E-state index contributed by atoms with van der Waals surface area (Å²) in [5, 5.41) is 12.1. The van der Waals surface area contributed by atoms with Gasteiger partial charge in [-0.25, -0.2) is 23.3 Å². The summed E-state index contributed by atoms with van der Waals surface area (Å²) in [5.74, 6) is 0.859. The molecule has 1 aliphatic heterocycles. The number of hydrogen-bond acceptors (Lipinski definition) is 7. The maximum absolute atomic E-state index is 12.4. The molecule has 0 unspecified atom stereocenters. The fourth-order valence-corrected chi connectivity index (χ4v) is 4.97. The average Bonchev–Trinajstić information content (AvgIpc) is 3.48. The minimum Gasteiger partial charge on any atom is -0.477 e. The maximum Gasteiger partial charge on any atom is 0.321 e. The Morgan fingerprint density at radius 2 is 1.67 bits per heavy atom. The van der Waals surface area contributed by atoms with Gasteiger partial charge in [0, 0.05) is 25.3 Å². The van der Waals surface area contributed by atoms with Crippen LogP contribution in [0.4, 0.5) is 16.4 Å². The predicted octanol–water partition coefficient (Wildman–Crippen LogP) is 4.58. The zero-order chi connectivity index (χ0) is 27.4. The number of likely N-dealkylation sites (tertiary alicyclic amines) is 1. The minimum absolute atomic E-state index is 0.0594. The van der Waals surface area contributed by atoms with Crippen LogP contribution >= 0.6 is 0 Å². The summed E-state index contributed by atoms with van der Waals surface area (Å²) >= 11 is 0. The van der Waals surface area contributed by atoms with E-state index in [1.165, 1.54) is 12.1 Å². The molecule has 4 aromatic rings. The number of nitrogens with one attached hydrogen (secondary N) is 2. The molecule has 1 fully saturated rings. The van der Waals surface area contributed by atoms with Crippen molar-refractivity contribution >= 4 is 38.6 Å². The Kier molecular flexibility index (Phi) is 7.62. The quantitative estimate of drug-likeness (QED) is 0.294. The van der Waals surface area contributed by atoms with Gasteiger partial charge in [0.1, 0.15) is 0 Å². The molecular formula is C28H30N6O4S. The molecule has 2 amide bonds.